The zero-order valence-electron chi connectivity index (χ0n) is 15.5. The molecule has 0 radical (unpaired) electrons. The highest BCUT2D eigenvalue weighted by atomic mass is 79.9. The van der Waals surface area contributed by atoms with Gasteiger partial charge in [0.15, 0.2) is 0 Å². The van der Waals surface area contributed by atoms with E-state index in [0.717, 1.165) is 17.7 Å². The quantitative estimate of drug-likeness (QED) is 0.574. The SMILES string of the molecule is O=C(NC1CCC(Oc2ccc(C(F)(F)F)cc2Br)CC1)OCc1ccccc1. The molecule has 0 bridgehead atoms. The van der Waals surface area contributed by atoms with Gasteiger partial charge in [-0.3, -0.25) is 0 Å². The molecule has 0 aliphatic heterocycles. The fourth-order valence-electron chi connectivity index (χ4n) is 3.21. The topological polar surface area (TPSA) is 47.6 Å². The molecule has 2 aromatic rings. The Kier molecular flexibility index (Phi) is 7.05. The lowest BCUT2D eigenvalue weighted by atomic mass is 9.93. The van der Waals surface area contributed by atoms with Crippen LogP contribution in [-0.2, 0) is 17.5 Å². The normalized spacial score (nSPS) is 19.4. The van der Waals surface area contributed by atoms with E-state index in [1.54, 1.807) is 0 Å². The summed E-state index contributed by atoms with van der Waals surface area (Å²) in [4.78, 5) is 12.0. The molecule has 0 unspecified atom stereocenters. The van der Waals surface area contributed by atoms with E-state index in [1.165, 1.54) is 6.07 Å². The Morgan fingerprint density at radius 3 is 2.38 bits per heavy atom. The molecule has 8 heteroatoms. The number of carbonyl (C=O) groups excluding carboxylic acids is 1. The third-order valence-electron chi connectivity index (χ3n) is 4.76. The zero-order chi connectivity index (χ0) is 20.9. The first kappa shape index (κ1) is 21.5. The summed E-state index contributed by atoms with van der Waals surface area (Å²) < 4.78 is 49.6. The molecule has 1 saturated carbocycles. The van der Waals surface area contributed by atoms with Crippen molar-refractivity contribution in [1.82, 2.24) is 5.32 Å². The maximum Gasteiger partial charge on any atom is 0.416 e. The Bertz CT molecular complexity index is 822. The van der Waals surface area contributed by atoms with Crippen LogP contribution in [0.3, 0.4) is 0 Å². The van der Waals surface area contributed by atoms with Gasteiger partial charge in [-0.25, -0.2) is 4.79 Å². The summed E-state index contributed by atoms with van der Waals surface area (Å²) in [6.07, 6.45) is -2.15. The second kappa shape index (κ2) is 9.52. The van der Waals surface area contributed by atoms with Crippen LogP contribution in [0, 0.1) is 0 Å². The summed E-state index contributed by atoms with van der Waals surface area (Å²) in [6.45, 7) is 0.215. The number of ether oxygens (including phenoxy) is 2. The average Bonchev–Trinajstić information content (AvgIpc) is 2.69. The van der Waals surface area contributed by atoms with E-state index in [1.807, 2.05) is 30.3 Å². The highest BCUT2D eigenvalue weighted by Crippen LogP contribution is 2.36. The summed E-state index contributed by atoms with van der Waals surface area (Å²) >= 11 is 3.15. The summed E-state index contributed by atoms with van der Waals surface area (Å²) in [6, 6.07) is 12.8. The second-order valence-electron chi connectivity index (χ2n) is 6.94. The molecular weight excluding hydrogens is 451 g/mol. The first-order valence-corrected chi connectivity index (χ1v) is 10.1. The molecule has 156 valence electrons. The molecule has 2 aromatic carbocycles. The van der Waals surface area contributed by atoms with E-state index in [0.29, 0.717) is 31.4 Å². The number of benzene rings is 2. The van der Waals surface area contributed by atoms with Crippen molar-refractivity contribution in [2.75, 3.05) is 0 Å². The molecule has 0 spiro atoms. The maximum atomic E-state index is 12.8. The minimum Gasteiger partial charge on any atom is -0.489 e. The van der Waals surface area contributed by atoms with E-state index in [2.05, 4.69) is 21.2 Å². The predicted molar refractivity (Wildman–Crippen MR) is 106 cm³/mol. The fraction of sp³-hybridized carbons (Fsp3) is 0.381. The van der Waals surface area contributed by atoms with Gasteiger partial charge in [-0.2, -0.15) is 13.2 Å². The number of rotatable bonds is 5. The molecule has 0 saturated heterocycles. The highest BCUT2D eigenvalue weighted by molar-refractivity contribution is 9.10. The number of amides is 1. The smallest absolute Gasteiger partial charge is 0.416 e. The van der Waals surface area contributed by atoms with Crippen LogP contribution in [0.15, 0.2) is 53.0 Å². The highest BCUT2D eigenvalue weighted by Gasteiger charge is 2.31. The number of carbonyl (C=O) groups is 1. The molecular formula is C21H21BrF3NO3. The number of nitrogens with one attached hydrogen (secondary N) is 1. The summed E-state index contributed by atoms with van der Waals surface area (Å²) in [7, 11) is 0. The monoisotopic (exact) mass is 471 g/mol. The first-order valence-electron chi connectivity index (χ1n) is 9.32. The van der Waals surface area contributed by atoms with Crippen molar-refractivity contribution in [3.8, 4) is 5.75 Å². The molecule has 1 aliphatic carbocycles. The van der Waals surface area contributed by atoms with Gasteiger partial charge in [-0.1, -0.05) is 30.3 Å². The van der Waals surface area contributed by atoms with Crippen molar-refractivity contribution in [2.45, 2.75) is 50.6 Å². The van der Waals surface area contributed by atoms with Gasteiger partial charge >= 0.3 is 12.3 Å². The molecule has 3 rings (SSSR count). The Balaban J connectivity index is 1.43. The molecule has 1 N–H and O–H groups in total. The van der Waals surface area contributed by atoms with Gasteiger partial charge in [0.25, 0.3) is 0 Å². The molecule has 0 atom stereocenters. The molecule has 0 heterocycles. The number of hydrogen-bond acceptors (Lipinski definition) is 3. The lowest BCUT2D eigenvalue weighted by Crippen LogP contribution is -2.39. The van der Waals surface area contributed by atoms with E-state index in [4.69, 9.17) is 9.47 Å². The van der Waals surface area contributed by atoms with Crippen LogP contribution in [0.1, 0.15) is 36.8 Å². The summed E-state index contributed by atoms with van der Waals surface area (Å²) in [5, 5.41) is 2.86. The van der Waals surface area contributed by atoms with Crippen LogP contribution >= 0.6 is 15.9 Å². The molecule has 1 amide bonds. The van der Waals surface area contributed by atoms with Gasteiger partial charge in [-0.05, 0) is 65.4 Å². The van der Waals surface area contributed by atoms with E-state index in [9.17, 15) is 18.0 Å². The van der Waals surface area contributed by atoms with Crippen molar-refractivity contribution in [1.29, 1.82) is 0 Å². The van der Waals surface area contributed by atoms with Gasteiger partial charge < -0.3 is 14.8 Å². The van der Waals surface area contributed by atoms with Gasteiger partial charge in [0, 0.05) is 6.04 Å². The van der Waals surface area contributed by atoms with Gasteiger partial charge in [-0.15, -0.1) is 0 Å². The summed E-state index contributed by atoms with van der Waals surface area (Å²) in [5.41, 5.74) is 0.195. The number of hydrogen-bond donors (Lipinski definition) is 1. The van der Waals surface area contributed by atoms with E-state index in [-0.39, 0.29) is 23.2 Å². The van der Waals surface area contributed by atoms with Crippen molar-refractivity contribution >= 4 is 22.0 Å². The third kappa shape index (κ3) is 6.39. The molecule has 1 aliphatic rings. The number of halogens is 4. The third-order valence-corrected chi connectivity index (χ3v) is 5.38. The van der Waals surface area contributed by atoms with Crippen LogP contribution < -0.4 is 10.1 Å². The van der Waals surface area contributed by atoms with Gasteiger partial charge in [0.2, 0.25) is 0 Å². The fourth-order valence-corrected chi connectivity index (χ4v) is 3.68. The molecule has 29 heavy (non-hydrogen) atoms. The van der Waals surface area contributed by atoms with Crippen molar-refractivity contribution < 1.29 is 27.4 Å². The Hall–Kier alpha value is -2.22. The average molecular weight is 472 g/mol. The Morgan fingerprint density at radius 1 is 1.07 bits per heavy atom. The minimum atomic E-state index is -4.39. The van der Waals surface area contributed by atoms with Crippen LogP contribution in [0.5, 0.6) is 5.75 Å². The van der Waals surface area contributed by atoms with E-state index < -0.39 is 17.8 Å². The largest absolute Gasteiger partial charge is 0.489 e. The van der Waals surface area contributed by atoms with Gasteiger partial charge in [0.05, 0.1) is 16.1 Å². The molecule has 0 aromatic heterocycles. The minimum absolute atomic E-state index is 0.00540. The number of alkyl halides is 3. The second-order valence-corrected chi connectivity index (χ2v) is 7.79. The summed E-state index contributed by atoms with van der Waals surface area (Å²) in [5.74, 6) is 0.386. The van der Waals surface area contributed by atoms with E-state index >= 15 is 0 Å². The lowest BCUT2D eigenvalue weighted by molar-refractivity contribution is -0.137. The predicted octanol–water partition coefficient (Wildman–Crippen LogP) is 6.08. The van der Waals surface area contributed by atoms with Crippen LogP contribution in [-0.4, -0.2) is 18.2 Å². The lowest BCUT2D eigenvalue weighted by Gasteiger charge is -2.29. The Labute approximate surface area is 175 Å². The van der Waals surface area contributed by atoms with Gasteiger partial charge in [0.1, 0.15) is 12.4 Å². The van der Waals surface area contributed by atoms with Crippen LogP contribution in [0.25, 0.3) is 0 Å². The molecule has 4 nitrogen and oxygen atoms in total. The number of alkyl carbamates (subject to hydrolysis) is 1. The first-order chi connectivity index (χ1) is 13.8. The van der Waals surface area contributed by atoms with Crippen molar-refractivity contribution in [3.05, 3.63) is 64.1 Å². The zero-order valence-corrected chi connectivity index (χ0v) is 17.1. The maximum absolute atomic E-state index is 12.8. The molecule has 1 fully saturated rings. The van der Waals surface area contributed by atoms with Crippen molar-refractivity contribution in [3.63, 3.8) is 0 Å². The van der Waals surface area contributed by atoms with Crippen LogP contribution in [0.4, 0.5) is 18.0 Å². The van der Waals surface area contributed by atoms with Crippen LogP contribution in [0.2, 0.25) is 0 Å². The Morgan fingerprint density at radius 2 is 1.76 bits per heavy atom. The van der Waals surface area contributed by atoms with Crippen molar-refractivity contribution in [2.24, 2.45) is 0 Å². The standard InChI is InChI=1S/C21H21BrF3NO3/c22-18-12-15(21(23,24)25)6-11-19(18)29-17-9-7-16(8-10-17)26-20(27)28-13-14-4-2-1-3-5-14/h1-6,11-12,16-17H,7-10,13H2,(H,26,27).